The van der Waals surface area contributed by atoms with E-state index in [2.05, 4.69) is 17.6 Å². The number of hydrogen-bond acceptors (Lipinski definition) is 5. The third kappa shape index (κ3) is 7.00. The summed E-state index contributed by atoms with van der Waals surface area (Å²) >= 11 is 0. The average Bonchev–Trinajstić information content (AvgIpc) is 2.79. The van der Waals surface area contributed by atoms with Crippen LogP contribution in [0.1, 0.15) is 30.1 Å². The van der Waals surface area contributed by atoms with Gasteiger partial charge in [0.05, 0.1) is 13.2 Å². The lowest BCUT2D eigenvalue weighted by molar-refractivity contribution is -0.114. The topological polar surface area (TPSA) is 79.9 Å². The molecule has 0 saturated carbocycles. The van der Waals surface area contributed by atoms with Crippen molar-refractivity contribution in [1.29, 1.82) is 0 Å². The summed E-state index contributed by atoms with van der Waals surface area (Å²) in [4.78, 5) is 26.7. The first-order valence-electron chi connectivity index (χ1n) is 10.7. The van der Waals surface area contributed by atoms with Gasteiger partial charge in [0, 0.05) is 37.1 Å². The van der Waals surface area contributed by atoms with Gasteiger partial charge in [-0.05, 0) is 67.3 Å². The molecular formula is C24H31N3O4. The van der Waals surface area contributed by atoms with E-state index in [0.717, 1.165) is 37.4 Å². The van der Waals surface area contributed by atoms with Crippen molar-refractivity contribution in [2.75, 3.05) is 50.6 Å². The Bertz CT molecular complexity index is 844. The molecule has 7 nitrogen and oxygen atoms in total. The van der Waals surface area contributed by atoms with Crippen molar-refractivity contribution >= 4 is 23.2 Å². The number of benzene rings is 2. The summed E-state index contributed by atoms with van der Waals surface area (Å²) in [5.74, 6) is 1.33. The van der Waals surface area contributed by atoms with E-state index in [1.807, 2.05) is 29.2 Å². The van der Waals surface area contributed by atoms with Gasteiger partial charge in [-0.15, -0.1) is 0 Å². The lowest BCUT2D eigenvalue weighted by Crippen LogP contribution is -2.37. The summed E-state index contributed by atoms with van der Waals surface area (Å²) in [6.45, 7) is 5.00. The molecule has 1 saturated heterocycles. The molecule has 2 N–H and O–H groups in total. The third-order valence-electron chi connectivity index (χ3n) is 5.35. The fourth-order valence-electron chi connectivity index (χ4n) is 3.39. The predicted octanol–water partition coefficient (Wildman–Crippen LogP) is 3.63. The van der Waals surface area contributed by atoms with E-state index in [-0.39, 0.29) is 18.4 Å². The molecule has 0 aliphatic carbocycles. The molecule has 31 heavy (non-hydrogen) atoms. The van der Waals surface area contributed by atoms with Gasteiger partial charge < -0.3 is 25.0 Å². The first-order valence-corrected chi connectivity index (χ1v) is 10.7. The maximum Gasteiger partial charge on any atom is 0.253 e. The molecule has 3 rings (SSSR count). The maximum absolute atomic E-state index is 12.6. The van der Waals surface area contributed by atoms with Crippen LogP contribution in [0.4, 0.5) is 11.4 Å². The van der Waals surface area contributed by atoms with Crippen molar-refractivity contribution in [3.05, 3.63) is 54.1 Å². The van der Waals surface area contributed by atoms with Gasteiger partial charge >= 0.3 is 0 Å². The monoisotopic (exact) mass is 425 g/mol. The van der Waals surface area contributed by atoms with E-state index in [9.17, 15) is 9.59 Å². The molecular weight excluding hydrogens is 394 g/mol. The van der Waals surface area contributed by atoms with E-state index >= 15 is 0 Å². The fraction of sp³-hybridized carbons (Fsp3) is 0.417. The first-order chi connectivity index (χ1) is 15.0. The third-order valence-corrected chi connectivity index (χ3v) is 5.35. The second-order valence-corrected chi connectivity index (χ2v) is 7.82. The Balaban J connectivity index is 1.43. The summed E-state index contributed by atoms with van der Waals surface area (Å²) in [5, 5.41) is 5.93. The number of ether oxygens (including phenoxy) is 2. The van der Waals surface area contributed by atoms with Crippen molar-refractivity contribution in [1.82, 2.24) is 4.90 Å². The molecule has 166 valence electrons. The SMILES string of the molecule is COCCOc1ccc(NC(=O)CNc2ccc(C(=O)N3CCC(C)CC3)cc2)cc1. The lowest BCUT2D eigenvalue weighted by Gasteiger charge is -2.30. The quantitative estimate of drug-likeness (QED) is 0.600. The zero-order valence-corrected chi connectivity index (χ0v) is 18.2. The van der Waals surface area contributed by atoms with Crippen LogP contribution < -0.4 is 15.4 Å². The molecule has 0 bridgehead atoms. The minimum atomic E-state index is -0.157. The van der Waals surface area contributed by atoms with Crippen LogP contribution in [0.3, 0.4) is 0 Å². The van der Waals surface area contributed by atoms with Crippen LogP contribution in [0.15, 0.2) is 48.5 Å². The normalized spacial score (nSPS) is 14.2. The number of methoxy groups -OCH3 is 1. The van der Waals surface area contributed by atoms with Gasteiger partial charge in [0.1, 0.15) is 12.4 Å². The molecule has 1 heterocycles. The van der Waals surface area contributed by atoms with Crippen molar-refractivity contribution < 1.29 is 19.1 Å². The molecule has 0 unspecified atom stereocenters. The number of hydrogen-bond donors (Lipinski definition) is 2. The molecule has 2 aromatic carbocycles. The predicted molar refractivity (Wildman–Crippen MR) is 122 cm³/mol. The van der Waals surface area contributed by atoms with Crippen LogP contribution >= 0.6 is 0 Å². The smallest absolute Gasteiger partial charge is 0.253 e. The van der Waals surface area contributed by atoms with Crippen LogP contribution in [0.2, 0.25) is 0 Å². The number of carbonyl (C=O) groups is 2. The van der Waals surface area contributed by atoms with Crippen molar-refractivity contribution in [2.24, 2.45) is 5.92 Å². The molecule has 2 amide bonds. The number of rotatable bonds is 9. The highest BCUT2D eigenvalue weighted by molar-refractivity contribution is 5.95. The van der Waals surface area contributed by atoms with E-state index in [1.165, 1.54) is 0 Å². The molecule has 0 spiro atoms. The highest BCUT2D eigenvalue weighted by Gasteiger charge is 2.21. The molecule has 2 aromatic rings. The molecule has 0 aromatic heterocycles. The Hall–Kier alpha value is -3.06. The fourth-order valence-corrected chi connectivity index (χ4v) is 3.39. The van der Waals surface area contributed by atoms with Gasteiger partial charge in [0.15, 0.2) is 0 Å². The summed E-state index contributed by atoms with van der Waals surface area (Å²) in [7, 11) is 1.62. The zero-order valence-electron chi connectivity index (χ0n) is 18.2. The Labute approximate surface area is 183 Å². The molecule has 0 radical (unpaired) electrons. The summed E-state index contributed by atoms with van der Waals surface area (Å²) < 4.78 is 10.4. The van der Waals surface area contributed by atoms with Gasteiger partial charge in [-0.3, -0.25) is 9.59 Å². The highest BCUT2D eigenvalue weighted by Crippen LogP contribution is 2.19. The number of anilines is 2. The number of nitrogens with zero attached hydrogens (tertiary/aromatic N) is 1. The van der Waals surface area contributed by atoms with Crippen LogP contribution in [0.5, 0.6) is 5.75 Å². The first kappa shape index (κ1) is 22.6. The minimum Gasteiger partial charge on any atom is -0.491 e. The van der Waals surface area contributed by atoms with E-state index in [1.54, 1.807) is 31.4 Å². The van der Waals surface area contributed by atoms with Gasteiger partial charge in [0.2, 0.25) is 5.91 Å². The van der Waals surface area contributed by atoms with Crippen LogP contribution in [0.25, 0.3) is 0 Å². The van der Waals surface area contributed by atoms with Crippen LogP contribution in [-0.4, -0.2) is 56.7 Å². The number of amides is 2. The Kier molecular flexibility index (Phi) is 8.29. The Morgan fingerprint density at radius 2 is 1.61 bits per heavy atom. The molecule has 1 fully saturated rings. The average molecular weight is 426 g/mol. The van der Waals surface area contributed by atoms with Crippen LogP contribution in [-0.2, 0) is 9.53 Å². The Morgan fingerprint density at radius 1 is 0.968 bits per heavy atom. The maximum atomic E-state index is 12.6. The van der Waals surface area contributed by atoms with Gasteiger partial charge in [-0.1, -0.05) is 6.92 Å². The van der Waals surface area contributed by atoms with Gasteiger partial charge in [0.25, 0.3) is 5.91 Å². The number of nitrogens with one attached hydrogen (secondary N) is 2. The largest absolute Gasteiger partial charge is 0.491 e. The standard InChI is InChI=1S/C24H31N3O4/c1-18-11-13-27(14-12-18)24(29)19-3-5-20(6-4-19)25-17-23(28)26-21-7-9-22(10-8-21)31-16-15-30-2/h3-10,18,25H,11-17H2,1-2H3,(H,26,28). The molecule has 1 aliphatic rings. The summed E-state index contributed by atoms with van der Waals surface area (Å²) in [6, 6.07) is 14.5. The number of likely N-dealkylation sites (tertiary alicyclic amines) is 1. The summed E-state index contributed by atoms with van der Waals surface area (Å²) in [5.41, 5.74) is 2.17. The second-order valence-electron chi connectivity index (χ2n) is 7.82. The lowest BCUT2D eigenvalue weighted by atomic mass is 9.98. The molecule has 1 aliphatic heterocycles. The molecule has 7 heteroatoms. The van der Waals surface area contributed by atoms with E-state index in [0.29, 0.717) is 30.4 Å². The van der Waals surface area contributed by atoms with Gasteiger partial charge in [-0.25, -0.2) is 0 Å². The molecule has 0 atom stereocenters. The van der Waals surface area contributed by atoms with Crippen LogP contribution in [0, 0.1) is 5.92 Å². The second kappa shape index (κ2) is 11.4. The van der Waals surface area contributed by atoms with Crippen molar-refractivity contribution in [3.8, 4) is 5.75 Å². The van der Waals surface area contributed by atoms with E-state index in [4.69, 9.17) is 9.47 Å². The van der Waals surface area contributed by atoms with Gasteiger partial charge in [-0.2, -0.15) is 0 Å². The highest BCUT2D eigenvalue weighted by atomic mass is 16.5. The van der Waals surface area contributed by atoms with Crippen molar-refractivity contribution in [3.63, 3.8) is 0 Å². The minimum absolute atomic E-state index is 0.0749. The van der Waals surface area contributed by atoms with E-state index < -0.39 is 0 Å². The summed E-state index contributed by atoms with van der Waals surface area (Å²) in [6.07, 6.45) is 2.12. The Morgan fingerprint density at radius 3 is 2.26 bits per heavy atom. The number of piperidine rings is 1. The zero-order chi connectivity index (χ0) is 22.1. The number of carbonyl (C=O) groups excluding carboxylic acids is 2. The van der Waals surface area contributed by atoms with Crippen molar-refractivity contribution in [2.45, 2.75) is 19.8 Å².